The maximum Gasteiger partial charge on any atom is 0.264 e. The van der Waals surface area contributed by atoms with Crippen molar-refractivity contribution in [1.29, 1.82) is 0 Å². The number of carbonyl (C=O) groups is 1. The molecule has 1 fully saturated rings. The zero-order valence-electron chi connectivity index (χ0n) is 18.3. The second-order valence-electron chi connectivity index (χ2n) is 8.66. The Morgan fingerprint density at radius 2 is 1.73 bits per heavy atom. The lowest BCUT2D eigenvalue weighted by Gasteiger charge is -2.33. The minimum atomic E-state index is -3.87. The van der Waals surface area contributed by atoms with E-state index in [-0.39, 0.29) is 17.3 Å². The van der Waals surface area contributed by atoms with Crippen LogP contribution in [0.15, 0.2) is 53.4 Å². The Balaban J connectivity index is 1.95. The topological polar surface area (TPSA) is 57.7 Å². The van der Waals surface area contributed by atoms with E-state index < -0.39 is 10.0 Å². The second-order valence-corrected chi connectivity index (χ2v) is 10.5. The average Bonchev–Trinajstić information content (AvgIpc) is 2.72. The van der Waals surface area contributed by atoms with E-state index in [0.717, 1.165) is 24.0 Å². The fourth-order valence-corrected chi connectivity index (χ4v) is 5.23. The molecule has 2 aromatic carbocycles. The Morgan fingerprint density at radius 3 is 2.30 bits per heavy atom. The molecule has 0 radical (unpaired) electrons. The molecule has 1 atom stereocenters. The van der Waals surface area contributed by atoms with Crippen LogP contribution >= 0.6 is 0 Å². The first kappa shape index (κ1) is 22.3. The van der Waals surface area contributed by atoms with Crippen LogP contribution in [0.25, 0.3) is 0 Å². The van der Waals surface area contributed by atoms with Crippen LogP contribution in [0, 0.1) is 12.8 Å². The van der Waals surface area contributed by atoms with Crippen molar-refractivity contribution in [3.8, 4) is 0 Å². The van der Waals surface area contributed by atoms with Gasteiger partial charge < -0.3 is 4.90 Å². The number of likely N-dealkylation sites (tertiary alicyclic amines) is 1. The molecule has 1 aliphatic heterocycles. The van der Waals surface area contributed by atoms with Crippen LogP contribution in [-0.4, -0.2) is 38.9 Å². The van der Waals surface area contributed by atoms with Crippen LogP contribution in [0.5, 0.6) is 0 Å². The minimum absolute atomic E-state index is 0.148. The van der Waals surface area contributed by atoms with Crippen LogP contribution in [-0.2, 0) is 14.8 Å². The number of aryl methyl sites for hydroxylation is 1. The number of anilines is 1. The standard InChI is InChI=1S/C24H32N2O3S/c1-18(2)21-9-11-22(12-10-21)26(17-24(27)25-15-5-6-20(4)16-25)30(28,29)23-13-7-19(3)8-14-23/h7-14,18,20H,5-6,15-17H2,1-4H3/t20-/m1/s1. The first-order valence-electron chi connectivity index (χ1n) is 10.7. The molecular formula is C24H32N2O3S. The SMILES string of the molecule is Cc1ccc(S(=O)(=O)N(CC(=O)N2CCC[C@@H](C)C2)c2ccc(C(C)C)cc2)cc1. The molecule has 30 heavy (non-hydrogen) atoms. The highest BCUT2D eigenvalue weighted by molar-refractivity contribution is 7.92. The number of amides is 1. The quantitative estimate of drug-likeness (QED) is 0.677. The summed E-state index contributed by atoms with van der Waals surface area (Å²) in [6.45, 7) is 9.42. The molecule has 0 spiro atoms. The Labute approximate surface area is 180 Å². The van der Waals surface area contributed by atoms with Crippen molar-refractivity contribution in [2.75, 3.05) is 23.9 Å². The predicted octanol–water partition coefficient (Wildman–Crippen LogP) is 4.57. The van der Waals surface area contributed by atoms with Gasteiger partial charge in [-0.3, -0.25) is 9.10 Å². The van der Waals surface area contributed by atoms with Gasteiger partial charge in [0.1, 0.15) is 6.54 Å². The monoisotopic (exact) mass is 428 g/mol. The summed E-state index contributed by atoms with van der Waals surface area (Å²) in [7, 11) is -3.87. The smallest absolute Gasteiger partial charge is 0.264 e. The van der Waals surface area contributed by atoms with E-state index in [4.69, 9.17) is 0 Å². The third-order valence-corrected chi connectivity index (χ3v) is 7.53. The van der Waals surface area contributed by atoms with Crippen molar-refractivity contribution >= 4 is 21.6 Å². The lowest BCUT2D eigenvalue weighted by Crippen LogP contribution is -2.46. The lowest BCUT2D eigenvalue weighted by atomic mass is 10.0. The van der Waals surface area contributed by atoms with Crippen molar-refractivity contribution in [2.45, 2.75) is 51.3 Å². The van der Waals surface area contributed by atoms with Crippen LogP contribution in [0.3, 0.4) is 0 Å². The summed E-state index contributed by atoms with van der Waals surface area (Å²) in [5.74, 6) is 0.637. The first-order valence-corrected chi connectivity index (χ1v) is 12.1. The van der Waals surface area contributed by atoms with E-state index in [9.17, 15) is 13.2 Å². The maximum atomic E-state index is 13.5. The van der Waals surface area contributed by atoms with Gasteiger partial charge in [0, 0.05) is 13.1 Å². The van der Waals surface area contributed by atoms with E-state index in [1.165, 1.54) is 4.31 Å². The molecule has 1 heterocycles. The largest absolute Gasteiger partial charge is 0.341 e. The normalized spacial score (nSPS) is 17.2. The highest BCUT2D eigenvalue weighted by Gasteiger charge is 2.30. The highest BCUT2D eigenvalue weighted by atomic mass is 32.2. The van der Waals surface area contributed by atoms with Gasteiger partial charge >= 0.3 is 0 Å². The predicted molar refractivity (Wildman–Crippen MR) is 121 cm³/mol. The van der Waals surface area contributed by atoms with E-state index >= 15 is 0 Å². The highest BCUT2D eigenvalue weighted by Crippen LogP contribution is 2.27. The average molecular weight is 429 g/mol. The molecule has 0 bridgehead atoms. The number of piperidine rings is 1. The molecule has 1 amide bonds. The van der Waals surface area contributed by atoms with Gasteiger partial charge in [0.2, 0.25) is 5.91 Å². The third-order valence-electron chi connectivity index (χ3n) is 5.75. The minimum Gasteiger partial charge on any atom is -0.341 e. The van der Waals surface area contributed by atoms with Gasteiger partial charge in [-0.25, -0.2) is 8.42 Å². The summed E-state index contributed by atoms with van der Waals surface area (Å²) >= 11 is 0. The second kappa shape index (κ2) is 9.21. The molecule has 0 aliphatic carbocycles. The van der Waals surface area contributed by atoms with Crippen LogP contribution in [0.4, 0.5) is 5.69 Å². The maximum absolute atomic E-state index is 13.5. The van der Waals surface area contributed by atoms with Crippen LogP contribution < -0.4 is 4.31 Å². The summed E-state index contributed by atoms with van der Waals surface area (Å²) in [6.07, 6.45) is 2.06. The van der Waals surface area contributed by atoms with Gasteiger partial charge in [-0.2, -0.15) is 0 Å². The molecule has 6 heteroatoms. The van der Waals surface area contributed by atoms with Gasteiger partial charge in [0.15, 0.2) is 0 Å². The Kier molecular flexibility index (Phi) is 6.86. The van der Waals surface area contributed by atoms with Crippen molar-refractivity contribution in [3.63, 3.8) is 0 Å². The molecule has 0 aromatic heterocycles. The number of hydrogen-bond donors (Lipinski definition) is 0. The Bertz CT molecular complexity index is 967. The molecule has 1 saturated heterocycles. The van der Waals surface area contributed by atoms with Gasteiger partial charge in [-0.1, -0.05) is 50.6 Å². The first-order chi connectivity index (χ1) is 14.2. The molecule has 162 valence electrons. The fraction of sp³-hybridized carbons (Fsp3) is 0.458. The number of hydrogen-bond acceptors (Lipinski definition) is 3. The molecule has 0 unspecified atom stereocenters. The third kappa shape index (κ3) is 5.04. The number of nitrogens with zero attached hydrogens (tertiary/aromatic N) is 2. The summed E-state index contributed by atoms with van der Waals surface area (Å²) in [6, 6.07) is 14.2. The number of sulfonamides is 1. The van der Waals surface area contributed by atoms with Gasteiger partial charge in [-0.15, -0.1) is 0 Å². The summed E-state index contributed by atoms with van der Waals surface area (Å²) in [5, 5.41) is 0. The number of carbonyl (C=O) groups excluding carboxylic acids is 1. The van der Waals surface area contributed by atoms with Crippen molar-refractivity contribution in [2.24, 2.45) is 5.92 Å². The molecule has 0 N–H and O–H groups in total. The van der Waals surface area contributed by atoms with E-state index in [1.807, 2.05) is 19.1 Å². The van der Waals surface area contributed by atoms with E-state index in [2.05, 4.69) is 20.8 Å². The van der Waals surface area contributed by atoms with E-state index in [0.29, 0.717) is 30.6 Å². The van der Waals surface area contributed by atoms with Crippen LogP contribution in [0.2, 0.25) is 0 Å². The molecule has 2 aromatic rings. The Morgan fingerprint density at radius 1 is 1.10 bits per heavy atom. The fourth-order valence-electron chi connectivity index (χ4n) is 3.82. The zero-order valence-corrected chi connectivity index (χ0v) is 19.2. The van der Waals surface area contributed by atoms with Crippen molar-refractivity contribution < 1.29 is 13.2 Å². The van der Waals surface area contributed by atoms with E-state index in [1.54, 1.807) is 41.3 Å². The van der Waals surface area contributed by atoms with Gasteiger partial charge in [-0.05, 0) is 61.4 Å². The molecule has 3 rings (SSSR count). The summed E-state index contributed by atoms with van der Waals surface area (Å²) < 4.78 is 28.3. The summed E-state index contributed by atoms with van der Waals surface area (Å²) in [4.78, 5) is 15.0. The van der Waals surface area contributed by atoms with Gasteiger partial charge in [0.25, 0.3) is 10.0 Å². The molecular weight excluding hydrogens is 396 g/mol. The Hall–Kier alpha value is -2.34. The zero-order chi connectivity index (χ0) is 21.9. The van der Waals surface area contributed by atoms with Crippen molar-refractivity contribution in [1.82, 2.24) is 4.90 Å². The van der Waals surface area contributed by atoms with Crippen LogP contribution in [0.1, 0.15) is 50.7 Å². The lowest BCUT2D eigenvalue weighted by molar-refractivity contribution is -0.131. The number of benzene rings is 2. The summed E-state index contributed by atoms with van der Waals surface area (Å²) in [5.41, 5.74) is 2.63. The molecule has 1 aliphatic rings. The molecule has 5 nitrogen and oxygen atoms in total. The van der Waals surface area contributed by atoms with Crippen molar-refractivity contribution in [3.05, 3.63) is 59.7 Å². The van der Waals surface area contributed by atoms with Gasteiger partial charge in [0.05, 0.1) is 10.6 Å². The molecule has 0 saturated carbocycles. The number of rotatable bonds is 6.